The number of hydrogen-bond donors (Lipinski definition) is 0. The second-order valence-electron chi connectivity index (χ2n) is 12.7. The lowest BCUT2D eigenvalue weighted by atomic mass is 9.72. The fourth-order valence-electron chi connectivity index (χ4n) is 6.55. The standard InChI is InChI=1S/C32H35F3N6O6S/c1-19-8-9-22(25(30(3,4)29(42)45-5)21-10-14-41-26(20(21)2)38-39-28(41)32(33,34)35)37-23(19)17-40-18-31(11-15-46-16-12-31)47-27-24(48(40,43)44)7-6-13-36-27/h6-10,13-14,25H,11-12,15-18H2,1-5H3. The third kappa shape index (κ3) is 5.79. The predicted octanol–water partition coefficient (Wildman–Crippen LogP) is 4.62. The third-order valence-corrected chi connectivity index (χ3v) is 11.1. The number of aromatic nitrogens is 5. The van der Waals surface area contributed by atoms with Gasteiger partial charge in [-0.15, -0.1) is 10.2 Å². The zero-order chi connectivity index (χ0) is 34.6. The highest BCUT2D eigenvalue weighted by Crippen LogP contribution is 2.44. The number of alkyl halides is 3. The molecule has 2 aliphatic rings. The van der Waals surface area contributed by atoms with E-state index >= 15 is 0 Å². The molecule has 2 aliphatic heterocycles. The molecular formula is C32H35F3N6O6S. The number of methoxy groups -OCH3 is 1. The monoisotopic (exact) mass is 688 g/mol. The Morgan fingerprint density at radius 2 is 1.83 bits per heavy atom. The Balaban J connectivity index is 1.47. The van der Waals surface area contributed by atoms with Gasteiger partial charge in [-0.3, -0.25) is 14.2 Å². The van der Waals surface area contributed by atoms with Crippen molar-refractivity contribution < 1.29 is 40.6 Å². The molecule has 4 aromatic rings. The molecule has 0 bridgehead atoms. The van der Waals surface area contributed by atoms with Crippen LogP contribution in [0.15, 0.2) is 47.6 Å². The zero-order valence-electron chi connectivity index (χ0n) is 27.0. The Bertz CT molecular complexity index is 1990. The van der Waals surface area contributed by atoms with Crippen LogP contribution in [0.2, 0.25) is 0 Å². The van der Waals surface area contributed by atoms with E-state index in [0.717, 1.165) is 4.40 Å². The summed E-state index contributed by atoms with van der Waals surface area (Å²) in [5, 5.41) is 7.19. The van der Waals surface area contributed by atoms with Crippen molar-refractivity contribution in [2.75, 3.05) is 26.9 Å². The van der Waals surface area contributed by atoms with Gasteiger partial charge in [0.25, 0.3) is 0 Å². The van der Waals surface area contributed by atoms with Gasteiger partial charge in [0.05, 0.1) is 44.5 Å². The Kier molecular flexibility index (Phi) is 8.48. The molecule has 16 heteroatoms. The first-order valence-corrected chi connectivity index (χ1v) is 16.7. The van der Waals surface area contributed by atoms with Crippen LogP contribution in [0, 0.1) is 19.3 Å². The van der Waals surface area contributed by atoms with E-state index in [1.807, 2.05) is 0 Å². The number of fused-ring (bicyclic) bond motifs is 2. The van der Waals surface area contributed by atoms with Crippen molar-refractivity contribution in [2.24, 2.45) is 5.41 Å². The van der Waals surface area contributed by atoms with E-state index in [4.69, 9.17) is 19.2 Å². The number of sulfonamides is 1. The number of aryl methyl sites for hydroxylation is 2. The molecule has 1 saturated heterocycles. The van der Waals surface area contributed by atoms with Crippen LogP contribution in [-0.4, -0.2) is 75.7 Å². The Morgan fingerprint density at radius 1 is 1.10 bits per heavy atom. The molecule has 0 aliphatic carbocycles. The van der Waals surface area contributed by atoms with E-state index in [-0.39, 0.29) is 29.5 Å². The minimum Gasteiger partial charge on any atom is -0.469 e. The van der Waals surface area contributed by atoms with E-state index in [9.17, 15) is 26.4 Å². The summed E-state index contributed by atoms with van der Waals surface area (Å²) >= 11 is 0. The van der Waals surface area contributed by atoms with Crippen molar-refractivity contribution >= 4 is 21.6 Å². The maximum absolute atomic E-state index is 14.1. The van der Waals surface area contributed by atoms with Gasteiger partial charge in [0.2, 0.25) is 21.7 Å². The number of nitrogens with zero attached hydrogens (tertiary/aromatic N) is 6. The van der Waals surface area contributed by atoms with Gasteiger partial charge in [0.15, 0.2) is 5.65 Å². The quantitative estimate of drug-likeness (QED) is 0.264. The Labute approximate surface area is 275 Å². The molecular weight excluding hydrogens is 653 g/mol. The van der Waals surface area contributed by atoms with Crippen LogP contribution in [0.25, 0.3) is 5.65 Å². The lowest BCUT2D eigenvalue weighted by Gasteiger charge is -2.38. The van der Waals surface area contributed by atoms with Crippen molar-refractivity contribution in [3.8, 4) is 5.88 Å². The molecule has 1 atom stereocenters. The molecule has 1 unspecified atom stereocenters. The second-order valence-corrected chi connectivity index (χ2v) is 14.6. The maximum atomic E-state index is 14.1. The van der Waals surface area contributed by atoms with E-state index < -0.39 is 44.9 Å². The molecule has 0 saturated carbocycles. The largest absolute Gasteiger partial charge is 0.469 e. The van der Waals surface area contributed by atoms with Crippen molar-refractivity contribution in [2.45, 2.75) is 69.7 Å². The van der Waals surface area contributed by atoms with Crippen LogP contribution >= 0.6 is 0 Å². The van der Waals surface area contributed by atoms with Crippen LogP contribution in [0.5, 0.6) is 5.88 Å². The molecule has 0 amide bonds. The van der Waals surface area contributed by atoms with Crippen LogP contribution in [0.1, 0.15) is 66.5 Å². The first-order chi connectivity index (χ1) is 22.6. The highest BCUT2D eigenvalue weighted by molar-refractivity contribution is 7.89. The first-order valence-electron chi connectivity index (χ1n) is 15.3. The summed E-state index contributed by atoms with van der Waals surface area (Å²) in [6, 6.07) is 8.00. The second kappa shape index (κ2) is 12.1. The van der Waals surface area contributed by atoms with Crippen LogP contribution in [-0.2, 0) is 37.0 Å². The van der Waals surface area contributed by atoms with E-state index in [0.29, 0.717) is 54.1 Å². The summed E-state index contributed by atoms with van der Waals surface area (Å²) < 4.78 is 88.4. The molecule has 1 spiro atoms. The normalized spacial score (nSPS) is 18.6. The molecule has 12 nitrogen and oxygen atoms in total. The van der Waals surface area contributed by atoms with Gasteiger partial charge in [-0.25, -0.2) is 13.4 Å². The molecule has 6 heterocycles. The lowest BCUT2D eigenvalue weighted by Crippen LogP contribution is -2.50. The minimum atomic E-state index is -4.73. The van der Waals surface area contributed by atoms with Crippen molar-refractivity contribution in [3.05, 3.63) is 76.6 Å². The SMILES string of the molecule is COC(=O)C(C)(C)C(c1ccc(C)c(CN2CC3(CCOCC3)Oc3ncccc3S2(=O)=O)n1)c1ccn2c(C(F)(F)F)nnc2c1C. The summed E-state index contributed by atoms with van der Waals surface area (Å²) in [4.78, 5) is 22.4. The van der Waals surface area contributed by atoms with Gasteiger partial charge < -0.3 is 14.2 Å². The zero-order valence-corrected chi connectivity index (χ0v) is 27.9. The van der Waals surface area contributed by atoms with Gasteiger partial charge >= 0.3 is 12.1 Å². The molecule has 0 radical (unpaired) electrons. The van der Waals surface area contributed by atoms with E-state index in [1.54, 1.807) is 39.8 Å². The molecule has 256 valence electrons. The summed E-state index contributed by atoms with van der Waals surface area (Å²) in [5.41, 5.74) is 0.193. The molecule has 48 heavy (non-hydrogen) atoms. The number of halogens is 3. The highest BCUT2D eigenvalue weighted by atomic mass is 32.2. The Morgan fingerprint density at radius 3 is 2.52 bits per heavy atom. The molecule has 4 aromatic heterocycles. The van der Waals surface area contributed by atoms with Crippen LogP contribution in [0.4, 0.5) is 13.2 Å². The average molecular weight is 689 g/mol. The third-order valence-electron chi connectivity index (χ3n) is 9.25. The fraction of sp³-hybridized carbons (Fsp3) is 0.469. The topological polar surface area (TPSA) is 138 Å². The number of ether oxygens (including phenoxy) is 3. The van der Waals surface area contributed by atoms with E-state index in [2.05, 4.69) is 15.2 Å². The van der Waals surface area contributed by atoms with Gasteiger partial charge in [0.1, 0.15) is 10.5 Å². The summed E-state index contributed by atoms with van der Waals surface area (Å²) in [5.74, 6) is -2.55. The van der Waals surface area contributed by atoms with Crippen LogP contribution in [0.3, 0.4) is 0 Å². The average Bonchev–Trinajstić information content (AvgIpc) is 3.46. The van der Waals surface area contributed by atoms with E-state index in [1.165, 1.54) is 42.0 Å². The number of carbonyl (C=O) groups is 1. The molecule has 6 rings (SSSR count). The number of esters is 1. The summed E-state index contributed by atoms with van der Waals surface area (Å²) in [6.07, 6.45) is -1.12. The maximum Gasteiger partial charge on any atom is 0.452 e. The molecule has 0 aromatic carbocycles. The van der Waals surface area contributed by atoms with Crippen molar-refractivity contribution in [1.29, 1.82) is 0 Å². The fourth-order valence-corrected chi connectivity index (χ4v) is 8.10. The van der Waals surface area contributed by atoms with Crippen molar-refractivity contribution in [1.82, 2.24) is 28.9 Å². The van der Waals surface area contributed by atoms with Crippen molar-refractivity contribution in [3.63, 3.8) is 0 Å². The predicted molar refractivity (Wildman–Crippen MR) is 165 cm³/mol. The molecule has 1 fully saturated rings. The van der Waals surface area contributed by atoms with Gasteiger partial charge in [-0.2, -0.15) is 17.5 Å². The Hall–Kier alpha value is -4.15. The summed E-state index contributed by atoms with van der Waals surface area (Å²) in [6.45, 7) is 7.44. The van der Waals surface area contributed by atoms with Gasteiger partial charge in [-0.05, 0) is 68.7 Å². The van der Waals surface area contributed by atoms with Gasteiger partial charge in [0, 0.05) is 36.8 Å². The number of rotatable bonds is 6. The highest BCUT2D eigenvalue weighted by Gasteiger charge is 2.46. The smallest absolute Gasteiger partial charge is 0.452 e. The molecule has 0 N–H and O–H groups in total. The number of pyridine rings is 3. The minimum absolute atomic E-state index is 0.0254. The lowest BCUT2D eigenvalue weighted by molar-refractivity contribution is -0.151. The number of carbonyl (C=O) groups excluding carboxylic acids is 1. The summed E-state index contributed by atoms with van der Waals surface area (Å²) in [7, 11) is -2.85. The van der Waals surface area contributed by atoms with Crippen LogP contribution < -0.4 is 4.74 Å². The number of hydrogen-bond acceptors (Lipinski definition) is 10. The van der Waals surface area contributed by atoms with Gasteiger partial charge in [-0.1, -0.05) is 6.07 Å². The first kappa shape index (κ1) is 33.7.